The molecule has 0 saturated carbocycles. The zero-order valence-corrected chi connectivity index (χ0v) is 12.7. The molecule has 2 aromatic rings. The number of aliphatic imine (C=N–C) groups is 1. The third-order valence-electron chi connectivity index (χ3n) is 3.47. The van der Waals surface area contributed by atoms with Gasteiger partial charge in [0.1, 0.15) is 23.5 Å². The van der Waals surface area contributed by atoms with E-state index in [2.05, 4.69) is 25.0 Å². The van der Waals surface area contributed by atoms with Crippen LogP contribution in [-0.2, 0) is 4.79 Å². The molecule has 0 radical (unpaired) electrons. The van der Waals surface area contributed by atoms with Crippen LogP contribution in [0.5, 0.6) is 5.75 Å². The number of ether oxygens (including phenoxy) is 1. The number of benzene rings is 1. The number of halogens is 3. The van der Waals surface area contributed by atoms with Crippen LogP contribution in [0.1, 0.15) is 18.5 Å². The van der Waals surface area contributed by atoms with Crippen LogP contribution in [0.25, 0.3) is 0 Å². The molecule has 1 aliphatic heterocycles. The fourth-order valence-corrected chi connectivity index (χ4v) is 2.37. The van der Waals surface area contributed by atoms with Gasteiger partial charge in [0.2, 0.25) is 0 Å². The normalized spacial score (nSPS) is 16.2. The summed E-state index contributed by atoms with van der Waals surface area (Å²) in [5, 5.41) is 12.0. The summed E-state index contributed by atoms with van der Waals surface area (Å²) in [4.78, 5) is 23.3. The van der Waals surface area contributed by atoms with E-state index < -0.39 is 18.2 Å². The smallest absolute Gasteiger partial charge is 0.477 e. The summed E-state index contributed by atoms with van der Waals surface area (Å²) in [5.41, 5.74) is 1.14. The van der Waals surface area contributed by atoms with Gasteiger partial charge in [-0.25, -0.2) is 19.8 Å². The zero-order chi connectivity index (χ0) is 18.2. The van der Waals surface area contributed by atoms with Gasteiger partial charge in [-0.1, -0.05) is 6.92 Å². The van der Waals surface area contributed by atoms with Gasteiger partial charge < -0.3 is 15.2 Å². The Balaban J connectivity index is 1.85. The molecule has 1 unspecified atom stereocenters. The molecule has 2 heterocycles. The van der Waals surface area contributed by atoms with Gasteiger partial charge in [0.15, 0.2) is 5.82 Å². The molecule has 10 heteroatoms. The van der Waals surface area contributed by atoms with Gasteiger partial charge in [0.25, 0.3) is 0 Å². The van der Waals surface area contributed by atoms with Crippen LogP contribution in [0.4, 0.5) is 30.4 Å². The number of carboxylic acid groups (broad SMARTS) is 1. The van der Waals surface area contributed by atoms with Crippen LogP contribution in [0.3, 0.4) is 0 Å². The van der Waals surface area contributed by atoms with Gasteiger partial charge >= 0.3 is 12.3 Å². The molecule has 1 aromatic carbocycles. The third kappa shape index (κ3) is 3.52. The minimum absolute atomic E-state index is 0.0486. The van der Waals surface area contributed by atoms with Crippen molar-refractivity contribution in [3.63, 3.8) is 0 Å². The van der Waals surface area contributed by atoms with E-state index >= 15 is 0 Å². The Kier molecular flexibility index (Phi) is 4.03. The van der Waals surface area contributed by atoms with Crippen molar-refractivity contribution in [2.45, 2.75) is 19.2 Å². The minimum atomic E-state index is -4.76. The quantitative estimate of drug-likeness (QED) is 0.875. The number of anilines is 2. The molecular formula is C15H11F3N4O3. The Labute approximate surface area is 139 Å². The molecule has 7 nitrogen and oxygen atoms in total. The van der Waals surface area contributed by atoms with Crippen LogP contribution in [0, 0.1) is 0 Å². The first-order valence-corrected chi connectivity index (χ1v) is 7.04. The standard InChI is InChI=1S/C15H11F3N4O3/c1-7-10-12(22-11(7)14(23)24)13(20-6-19-10)21-8-2-4-9(5-3-8)25-15(16,17)18/h2-7H,1H3,(H,23,24)(H,19,20,21). The fourth-order valence-electron chi connectivity index (χ4n) is 2.37. The molecule has 25 heavy (non-hydrogen) atoms. The predicted molar refractivity (Wildman–Crippen MR) is 81.6 cm³/mol. The molecular weight excluding hydrogens is 341 g/mol. The summed E-state index contributed by atoms with van der Waals surface area (Å²) in [7, 11) is 0. The Bertz CT molecular complexity index is 850. The lowest BCUT2D eigenvalue weighted by Gasteiger charge is -2.11. The number of fused-ring (bicyclic) bond motifs is 1. The zero-order valence-electron chi connectivity index (χ0n) is 12.7. The van der Waals surface area contributed by atoms with Crippen molar-refractivity contribution in [2.24, 2.45) is 4.99 Å². The van der Waals surface area contributed by atoms with Crippen molar-refractivity contribution >= 4 is 28.9 Å². The highest BCUT2D eigenvalue weighted by Crippen LogP contribution is 2.39. The molecule has 3 rings (SSSR count). The highest BCUT2D eigenvalue weighted by atomic mass is 19.4. The van der Waals surface area contributed by atoms with Crippen LogP contribution in [0.2, 0.25) is 0 Å². The second-order valence-electron chi connectivity index (χ2n) is 5.18. The molecule has 0 spiro atoms. The molecule has 2 N–H and O–H groups in total. The van der Waals surface area contributed by atoms with E-state index in [0.29, 0.717) is 17.1 Å². The molecule has 130 valence electrons. The number of aromatic nitrogens is 2. The fraction of sp³-hybridized carbons (Fsp3) is 0.200. The van der Waals surface area contributed by atoms with Crippen molar-refractivity contribution in [3.05, 3.63) is 36.3 Å². The van der Waals surface area contributed by atoms with E-state index in [1.165, 1.54) is 18.5 Å². The molecule has 1 aliphatic rings. The van der Waals surface area contributed by atoms with Gasteiger partial charge in [-0.2, -0.15) is 0 Å². The largest absolute Gasteiger partial charge is 0.573 e. The summed E-state index contributed by atoms with van der Waals surface area (Å²) < 4.78 is 40.3. The number of alkyl halides is 3. The topological polar surface area (TPSA) is 96.7 Å². The summed E-state index contributed by atoms with van der Waals surface area (Å²) in [6.45, 7) is 1.67. The van der Waals surface area contributed by atoms with Crippen LogP contribution < -0.4 is 10.1 Å². The summed E-state index contributed by atoms with van der Waals surface area (Å²) >= 11 is 0. The van der Waals surface area contributed by atoms with Crippen LogP contribution in [0.15, 0.2) is 35.6 Å². The maximum absolute atomic E-state index is 12.2. The van der Waals surface area contributed by atoms with Gasteiger partial charge in [-0.05, 0) is 24.3 Å². The monoisotopic (exact) mass is 352 g/mol. The maximum atomic E-state index is 12.2. The number of nitrogens with zero attached hydrogens (tertiary/aromatic N) is 3. The van der Waals surface area contributed by atoms with Crippen LogP contribution in [-0.4, -0.2) is 33.1 Å². The number of aliphatic carboxylic acids is 1. The first-order valence-electron chi connectivity index (χ1n) is 7.04. The van der Waals surface area contributed by atoms with Crippen molar-refractivity contribution < 1.29 is 27.8 Å². The highest BCUT2D eigenvalue weighted by Gasteiger charge is 2.32. The number of carbonyl (C=O) groups is 1. The Hall–Kier alpha value is -3.17. The Morgan fingerprint density at radius 2 is 1.92 bits per heavy atom. The van der Waals surface area contributed by atoms with E-state index in [-0.39, 0.29) is 17.3 Å². The lowest BCUT2D eigenvalue weighted by Crippen LogP contribution is -2.17. The Morgan fingerprint density at radius 1 is 1.24 bits per heavy atom. The van der Waals surface area contributed by atoms with Crippen molar-refractivity contribution in [1.82, 2.24) is 9.97 Å². The Morgan fingerprint density at radius 3 is 2.52 bits per heavy atom. The molecule has 0 bridgehead atoms. The number of hydrogen-bond donors (Lipinski definition) is 2. The summed E-state index contributed by atoms with van der Waals surface area (Å²) in [6.07, 6.45) is -3.50. The number of rotatable bonds is 4. The lowest BCUT2D eigenvalue weighted by molar-refractivity contribution is -0.274. The molecule has 0 aliphatic carbocycles. The molecule has 0 saturated heterocycles. The van der Waals surface area contributed by atoms with E-state index in [1.807, 2.05) is 0 Å². The minimum Gasteiger partial charge on any atom is -0.477 e. The summed E-state index contributed by atoms with van der Waals surface area (Å²) in [5.74, 6) is -1.73. The first kappa shape index (κ1) is 16.7. The molecule has 0 amide bonds. The molecule has 1 aromatic heterocycles. The number of nitrogens with one attached hydrogen (secondary N) is 1. The van der Waals surface area contributed by atoms with Gasteiger partial charge in [0.05, 0.1) is 11.6 Å². The molecule has 0 fully saturated rings. The van der Waals surface area contributed by atoms with E-state index in [4.69, 9.17) is 5.11 Å². The van der Waals surface area contributed by atoms with Gasteiger partial charge in [-0.3, -0.25) is 0 Å². The number of carboxylic acids is 1. The molecule has 1 atom stereocenters. The van der Waals surface area contributed by atoms with Crippen molar-refractivity contribution in [1.29, 1.82) is 0 Å². The maximum Gasteiger partial charge on any atom is 0.573 e. The second-order valence-corrected chi connectivity index (χ2v) is 5.18. The van der Waals surface area contributed by atoms with Crippen molar-refractivity contribution in [3.8, 4) is 5.75 Å². The highest BCUT2D eigenvalue weighted by molar-refractivity contribution is 6.39. The number of hydrogen-bond acceptors (Lipinski definition) is 6. The van der Waals surface area contributed by atoms with E-state index in [9.17, 15) is 18.0 Å². The average molecular weight is 352 g/mol. The van der Waals surface area contributed by atoms with E-state index in [0.717, 1.165) is 12.1 Å². The summed E-state index contributed by atoms with van der Waals surface area (Å²) in [6, 6.07) is 5.03. The lowest BCUT2D eigenvalue weighted by atomic mass is 10.0. The van der Waals surface area contributed by atoms with Gasteiger partial charge in [-0.15, -0.1) is 13.2 Å². The van der Waals surface area contributed by atoms with Crippen molar-refractivity contribution in [2.75, 3.05) is 5.32 Å². The average Bonchev–Trinajstić information content (AvgIpc) is 2.86. The van der Waals surface area contributed by atoms with Gasteiger partial charge in [0, 0.05) is 5.69 Å². The third-order valence-corrected chi connectivity index (χ3v) is 3.47. The first-order chi connectivity index (χ1) is 11.7. The predicted octanol–water partition coefficient (Wildman–Crippen LogP) is 3.39. The second kappa shape index (κ2) is 6.04. The van der Waals surface area contributed by atoms with E-state index in [1.54, 1.807) is 6.92 Å². The SMILES string of the molecule is CC1C(C(=O)O)=Nc2c(Nc3ccc(OC(F)(F)F)cc3)ncnc21. The van der Waals surface area contributed by atoms with Crippen LogP contribution >= 0.6 is 0 Å².